The van der Waals surface area contributed by atoms with Gasteiger partial charge in [-0.1, -0.05) is 55.0 Å². The normalized spacial score (nSPS) is 10.5. The second-order valence-electron chi connectivity index (χ2n) is 11.5. The van der Waals surface area contributed by atoms with Gasteiger partial charge in [-0.3, -0.25) is 0 Å². The van der Waals surface area contributed by atoms with E-state index in [0.29, 0.717) is 49.7 Å². The zero-order chi connectivity index (χ0) is 38.1. The van der Waals surface area contributed by atoms with Gasteiger partial charge in [0.05, 0.1) is 29.9 Å². The molecule has 0 saturated heterocycles. The van der Waals surface area contributed by atoms with Crippen molar-refractivity contribution in [2.45, 2.75) is 19.4 Å². The summed E-state index contributed by atoms with van der Waals surface area (Å²) in [5, 5.41) is 19.2. The van der Waals surface area contributed by atoms with Crippen LogP contribution in [0.5, 0.6) is 28.7 Å². The number of ether oxygens (including phenoxy) is 5. The molecule has 0 amide bonds. The second kappa shape index (κ2) is 19.7. The summed E-state index contributed by atoms with van der Waals surface area (Å²) in [6.07, 6.45) is 8.33. The lowest BCUT2D eigenvalue weighted by molar-refractivity contribution is -0.217. The Morgan fingerprint density at radius 2 is 1.15 bits per heavy atom. The molecule has 276 valence electrons. The molecule has 0 radical (unpaired) electrons. The summed E-state index contributed by atoms with van der Waals surface area (Å²) >= 11 is 0. The average Bonchev–Trinajstić information content (AvgIpc) is 3.18. The van der Waals surface area contributed by atoms with Gasteiger partial charge in [-0.15, -0.1) is 0 Å². The molecule has 0 aromatic heterocycles. The lowest BCUT2D eigenvalue weighted by Crippen LogP contribution is -2.14. The number of para-hydroxylation sites is 1. The molecule has 0 heterocycles. The molecule has 0 fully saturated rings. The first kappa shape index (κ1) is 38.4. The van der Waals surface area contributed by atoms with Crippen molar-refractivity contribution in [1.82, 2.24) is 0 Å². The lowest BCUT2D eigenvalue weighted by Gasteiger charge is -2.12. The summed E-state index contributed by atoms with van der Waals surface area (Å²) in [6.45, 7) is 1.42. The zero-order valence-corrected chi connectivity index (χ0v) is 29.0. The Bertz CT molecular complexity index is 2050. The van der Waals surface area contributed by atoms with Crippen molar-refractivity contribution >= 4 is 17.9 Å². The van der Waals surface area contributed by atoms with Crippen molar-refractivity contribution in [2.24, 2.45) is 0 Å². The van der Waals surface area contributed by atoms with Gasteiger partial charge in [0.15, 0.2) is 5.75 Å². The number of hydrogen-bond acceptors (Lipinski definition) is 10. The van der Waals surface area contributed by atoms with Gasteiger partial charge < -0.3 is 38.8 Å². The van der Waals surface area contributed by atoms with Crippen molar-refractivity contribution < 1.29 is 58.1 Å². The van der Waals surface area contributed by atoms with E-state index in [9.17, 15) is 24.6 Å². The molecule has 12 heteroatoms. The van der Waals surface area contributed by atoms with E-state index in [-0.39, 0.29) is 41.4 Å². The van der Waals surface area contributed by atoms with Crippen molar-refractivity contribution in [3.8, 4) is 41.3 Å². The fourth-order valence-electron chi connectivity index (χ4n) is 5.06. The van der Waals surface area contributed by atoms with Crippen molar-refractivity contribution in [3.63, 3.8) is 0 Å². The second-order valence-corrected chi connectivity index (χ2v) is 11.5. The minimum Gasteiger partial charge on any atom is -0.490 e. The van der Waals surface area contributed by atoms with Gasteiger partial charge >= 0.3 is 17.9 Å². The molecule has 5 aromatic carbocycles. The van der Waals surface area contributed by atoms with Crippen LogP contribution in [0.2, 0.25) is 0 Å². The van der Waals surface area contributed by atoms with Gasteiger partial charge in [-0.25, -0.2) is 14.4 Å². The Balaban J connectivity index is 0.986. The molecule has 0 bridgehead atoms. The Kier molecular flexibility index (Phi) is 14.0. The van der Waals surface area contributed by atoms with Gasteiger partial charge in [0, 0.05) is 0 Å². The Hall–Kier alpha value is -6.81. The number of carbonyl (C=O) groups excluding carboxylic acids is 1. The highest BCUT2D eigenvalue weighted by Crippen LogP contribution is 2.23. The summed E-state index contributed by atoms with van der Waals surface area (Å²) in [4.78, 5) is 46.9. The standard InChI is InChI=1S/C42H36O12/c1-2-49-35-18-19-37(39(27-35)41(45)46)42(47)53-33-13-8-29(9-14-33)20-22-48-23-21-30-10-15-34(16-11-30)54-52-28-31-12-17-36(26-38(31)40(43)44)51-25-24-50-32-6-4-3-5-7-32/h1,3-19,26-27H,20-25,28H2,(H,43,44)(H,45,46). The van der Waals surface area contributed by atoms with E-state index in [2.05, 4.69) is 0 Å². The van der Waals surface area contributed by atoms with Crippen LogP contribution in [-0.2, 0) is 29.1 Å². The third-order valence-electron chi connectivity index (χ3n) is 7.79. The number of terminal acetylenes is 1. The van der Waals surface area contributed by atoms with Crippen LogP contribution in [0.1, 0.15) is 47.8 Å². The monoisotopic (exact) mass is 732 g/mol. The number of rotatable bonds is 20. The fourth-order valence-corrected chi connectivity index (χ4v) is 5.06. The predicted octanol–water partition coefficient (Wildman–Crippen LogP) is 7.04. The van der Waals surface area contributed by atoms with E-state index < -0.39 is 17.9 Å². The zero-order valence-electron chi connectivity index (χ0n) is 29.0. The van der Waals surface area contributed by atoms with E-state index in [1.807, 2.05) is 48.6 Å². The van der Waals surface area contributed by atoms with Crippen LogP contribution in [0, 0.1) is 12.5 Å². The summed E-state index contributed by atoms with van der Waals surface area (Å²) in [5.41, 5.74) is 2.03. The van der Waals surface area contributed by atoms with Crippen molar-refractivity contribution in [3.05, 3.63) is 149 Å². The fraction of sp³-hybridized carbons (Fsp3) is 0.167. The third kappa shape index (κ3) is 11.6. The van der Waals surface area contributed by atoms with E-state index >= 15 is 0 Å². The van der Waals surface area contributed by atoms with Gasteiger partial charge in [-0.05, 0) is 96.3 Å². The van der Waals surface area contributed by atoms with E-state index in [1.54, 1.807) is 48.5 Å². The quantitative estimate of drug-likeness (QED) is 0.0210. The molecule has 0 spiro atoms. The van der Waals surface area contributed by atoms with Crippen molar-refractivity contribution in [2.75, 3.05) is 26.4 Å². The Labute approximate surface area is 311 Å². The number of carbonyl (C=O) groups is 3. The maximum absolute atomic E-state index is 12.7. The van der Waals surface area contributed by atoms with Crippen LogP contribution in [0.15, 0.2) is 115 Å². The number of hydrogen-bond donors (Lipinski definition) is 2. The summed E-state index contributed by atoms with van der Waals surface area (Å²) in [7, 11) is 0. The van der Waals surface area contributed by atoms with E-state index in [0.717, 1.165) is 22.9 Å². The topological polar surface area (TPSA) is 156 Å². The Morgan fingerprint density at radius 3 is 1.78 bits per heavy atom. The highest BCUT2D eigenvalue weighted by atomic mass is 17.2. The molecule has 12 nitrogen and oxygen atoms in total. The van der Waals surface area contributed by atoms with E-state index in [4.69, 9.17) is 39.9 Å². The molecule has 5 aromatic rings. The minimum absolute atomic E-state index is 0.0436. The number of aromatic carboxylic acids is 2. The molecule has 0 aliphatic heterocycles. The predicted molar refractivity (Wildman–Crippen MR) is 195 cm³/mol. The number of esters is 1. The van der Waals surface area contributed by atoms with Crippen LogP contribution in [0.3, 0.4) is 0 Å². The third-order valence-corrected chi connectivity index (χ3v) is 7.79. The van der Waals surface area contributed by atoms with Crippen LogP contribution in [0.4, 0.5) is 0 Å². The average molecular weight is 733 g/mol. The summed E-state index contributed by atoms with van der Waals surface area (Å²) in [5.74, 6) is -1.30. The first-order chi connectivity index (χ1) is 26.3. The van der Waals surface area contributed by atoms with Crippen LogP contribution in [-0.4, -0.2) is 54.5 Å². The van der Waals surface area contributed by atoms with Gasteiger partial charge in [0.2, 0.25) is 0 Å². The van der Waals surface area contributed by atoms with Gasteiger partial charge in [-0.2, -0.15) is 4.89 Å². The number of carboxylic acid groups (broad SMARTS) is 2. The highest BCUT2D eigenvalue weighted by Gasteiger charge is 2.20. The number of carboxylic acids is 2. The molecule has 5 rings (SSSR count). The lowest BCUT2D eigenvalue weighted by atomic mass is 10.1. The maximum Gasteiger partial charge on any atom is 0.344 e. The van der Waals surface area contributed by atoms with Crippen LogP contribution < -0.4 is 23.8 Å². The first-order valence-electron chi connectivity index (χ1n) is 16.7. The molecule has 0 saturated carbocycles. The minimum atomic E-state index is -1.32. The molecule has 0 atom stereocenters. The maximum atomic E-state index is 12.7. The molecule has 0 aliphatic carbocycles. The van der Waals surface area contributed by atoms with Crippen LogP contribution in [0.25, 0.3) is 0 Å². The summed E-state index contributed by atoms with van der Waals surface area (Å²) in [6, 6.07) is 32.0. The Morgan fingerprint density at radius 1 is 0.574 bits per heavy atom. The molecule has 0 unspecified atom stereocenters. The number of benzene rings is 5. The van der Waals surface area contributed by atoms with E-state index in [1.165, 1.54) is 18.2 Å². The highest BCUT2D eigenvalue weighted by molar-refractivity contribution is 6.03. The molecular formula is C42H36O12. The summed E-state index contributed by atoms with van der Waals surface area (Å²) < 4.78 is 27.3. The molecular weight excluding hydrogens is 696 g/mol. The molecule has 54 heavy (non-hydrogen) atoms. The SMILES string of the molecule is C#COc1ccc(C(=O)Oc2ccc(CCOCCc3ccc(OOCc4ccc(OCCOc5ccccc5)cc4C(=O)O)cc3)cc2)c(C(=O)O)c1. The van der Waals surface area contributed by atoms with Crippen LogP contribution >= 0.6 is 0 Å². The van der Waals surface area contributed by atoms with Gasteiger partial charge in [0.1, 0.15) is 48.9 Å². The van der Waals surface area contributed by atoms with Crippen molar-refractivity contribution in [1.29, 1.82) is 0 Å². The first-order valence-corrected chi connectivity index (χ1v) is 16.7. The van der Waals surface area contributed by atoms with Gasteiger partial charge in [0.25, 0.3) is 0 Å². The molecule has 2 N–H and O–H groups in total. The smallest absolute Gasteiger partial charge is 0.344 e. The molecule has 0 aliphatic rings. The largest absolute Gasteiger partial charge is 0.490 e.